The number of allylic oxidation sites excluding steroid dienone is 3. The van der Waals surface area contributed by atoms with Gasteiger partial charge in [0.15, 0.2) is 0 Å². The summed E-state index contributed by atoms with van der Waals surface area (Å²) in [6.07, 6.45) is 6.08. The molecule has 0 aliphatic carbocycles. The van der Waals surface area contributed by atoms with Crippen molar-refractivity contribution in [1.29, 1.82) is 0 Å². The zero-order valence-electron chi connectivity index (χ0n) is 7.97. The van der Waals surface area contributed by atoms with Crippen molar-refractivity contribution in [2.24, 2.45) is 4.99 Å². The summed E-state index contributed by atoms with van der Waals surface area (Å²) in [5, 5.41) is 0. The van der Waals surface area contributed by atoms with Gasteiger partial charge in [-0.15, -0.1) is 0 Å². The molecule has 1 nitrogen and oxygen atoms in total. The summed E-state index contributed by atoms with van der Waals surface area (Å²) in [4.78, 5) is 3.83. The molecule has 0 unspecified atom stereocenters. The highest BCUT2D eigenvalue weighted by Crippen LogP contribution is 1.99. The summed E-state index contributed by atoms with van der Waals surface area (Å²) in [5.41, 5.74) is 1.15. The van der Waals surface area contributed by atoms with Crippen LogP contribution in [0, 0.1) is 0 Å². The van der Waals surface area contributed by atoms with Gasteiger partial charge in [0.1, 0.15) is 5.83 Å². The number of rotatable bonds is 4. The second kappa shape index (κ2) is 6.77. The summed E-state index contributed by atoms with van der Waals surface area (Å²) in [6, 6.07) is 0. The van der Waals surface area contributed by atoms with Crippen LogP contribution in [0.15, 0.2) is 28.7 Å². The van der Waals surface area contributed by atoms with Crippen molar-refractivity contribution in [2.45, 2.75) is 33.6 Å². The molecule has 0 saturated carbocycles. The fourth-order valence-electron chi connectivity index (χ4n) is 0.575. The van der Waals surface area contributed by atoms with Crippen LogP contribution in [0.25, 0.3) is 0 Å². The van der Waals surface area contributed by atoms with Crippen LogP contribution >= 0.6 is 0 Å². The van der Waals surface area contributed by atoms with E-state index in [1.807, 2.05) is 20.8 Å². The molecule has 0 N–H and O–H groups in total. The molecule has 68 valence electrons. The predicted octanol–water partition coefficient (Wildman–Crippen LogP) is 3.63. The lowest BCUT2D eigenvalue weighted by Crippen LogP contribution is -1.75. The van der Waals surface area contributed by atoms with E-state index in [1.54, 1.807) is 6.20 Å². The minimum Gasteiger partial charge on any atom is -0.262 e. The van der Waals surface area contributed by atoms with E-state index in [0.29, 0.717) is 6.42 Å². The average Bonchev–Trinajstić information content (AvgIpc) is 2.04. The molecule has 0 fully saturated rings. The summed E-state index contributed by atoms with van der Waals surface area (Å²) < 4.78 is 12.6. The van der Waals surface area contributed by atoms with Gasteiger partial charge in [-0.05, 0) is 25.8 Å². The van der Waals surface area contributed by atoms with Crippen molar-refractivity contribution >= 4 is 6.21 Å². The molecule has 0 rings (SSSR count). The van der Waals surface area contributed by atoms with E-state index in [9.17, 15) is 4.39 Å². The molecule has 0 atom stereocenters. The van der Waals surface area contributed by atoms with Gasteiger partial charge in [-0.2, -0.15) is 0 Å². The smallest absolute Gasteiger partial charge is 0.137 e. The van der Waals surface area contributed by atoms with Gasteiger partial charge in [0, 0.05) is 6.20 Å². The molecule has 0 aliphatic heterocycles. The largest absolute Gasteiger partial charge is 0.262 e. The molecule has 0 aromatic rings. The zero-order valence-corrected chi connectivity index (χ0v) is 7.97. The van der Waals surface area contributed by atoms with Crippen LogP contribution in [0.5, 0.6) is 0 Å². The standard InChI is InChI=1S/C10H16FN/c1-4-6-10(11)8-12-7-9(3)5-2/h6-8H,4-5H2,1-3H3/b9-7+,10-6-,12-8-. The van der Waals surface area contributed by atoms with Crippen LogP contribution < -0.4 is 0 Å². The summed E-state index contributed by atoms with van der Waals surface area (Å²) >= 11 is 0. The first kappa shape index (κ1) is 11.1. The van der Waals surface area contributed by atoms with Gasteiger partial charge in [0.05, 0.1) is 6.21 Å². The average molecular weight is 169 g/mol. The van der Waals surface area contributed by atoms with Crippen molar-refractivity contribution in [3.05, 3.63) is 23.7 Å². The number of hydrogen-bond acceptors (Lipinski definition) is 1. The van der Waals surface area contributed by atoms with E-state index >= 15 is 0 Å². The Morgan fingerprint density at radius 3 is 2.58 bits per heavy atom. The lowest BCUT2D eigenvalue weighted by atomic mass is 10.3. The summed E-state index contributed by atoms with van der Waals surface area (Å²) in [7, 11) is 0. The molecule has 0 aliphatic rings. The van der Waals surface area contributed by atoms with E-state index in [0.717, 1.165) is 12.0 Å². The van der Waals surface area contributed by atoms with Crippen molar-refractivity contribution in [1.82, 2.24) is 0 Å². The third-order valence-corrected chi connectivity index (χ3v) is 1.45. The monoisotopic (exact) mass is 169 g/mol. The molecule has 2 heteroatoms. The molecule has 0 spiro atoms. The van der Waals surface area contributed by atoms with Gasteiger partial charge in [-0.3, -0.25) is 4.99 Å². The van der Waals surface area contributed by atoms with E-state index in [4.69, 9.17) is 0 Å². The Hall–Kier alpha value is -0.920. The second-order valence-corrected chi connectivity index (χ2v) is 2.60. The van der Waals surface area contributed by atoms with Crippen molar-refractivity contribution in [3.8, 4) is 0 Å². The highest BCUT2D eigenvalue weighted by Gasteiger charge is 1.84. The molecule has 0 radical (unpaired) electrons. The highest BCUT2D eigenvalue weighted by atomic mass is 19.1. The lowest BCUT2D eigenvalue weighted by Gasteiger charge is -1.88. The van der Waals surface area contributed by atoms with Gasteiger partial charge in [-0.1, -0.05) is 19.4 Å². The first-order valence-corrected chi connectivity index (χ1v) is 4.25. The van der Waals surface area contributed by atoms with Crippen LogP contribution in [-0.4, -0.2) is 6.21 Å². The molecule has 0 aromatic carbocycles. The highest BCUT2D eigenvalue weighted by molar-refractivity contribution is 5.75. The Bertz CT molecular complexity index is 202. The maximum absolute atomic E-state index is 12.6. The van der Waals surface area contributed by atoms with Gasteiger partial charge < -0.3 is 0 Å². The predicted molar refractivity (Wildman–Crippen MR) is 52.0 cm³/mol. The second-order valence-electron chi connectivity index (χ2n) is 2.60. The Morgan fingerprint density at radius 1 is 1.42 bits per heavy atom. The number of halogens is 1. The third kappa shape index (κ3) is 5.83. The van der Waals surface area contributed by atoms with Crippen LogP contribution in [-0.2, 0) is 0 Å². The summed E-state index contributed by atoms with van der Waals surface area (Å²) in [5.74, 6) is -0.266. The molecule has 0 saturated heterocycles. The zero-order chi connectivity index (χ0) is 9.40. The van der Waals surface area contributed by atoms with Crippen LogP contribution in [0.3, 0.4) is 0 Å². The third-order valence-electron chi connectivity index (χ3n) is 1.45. The molecule has 12 heavy (non-hydrogen) atoms. The first-order chi connectivity index (χ1) is 5.70. The molecule has 0 heterocycles. The van der Waals surface area contributed by atoms with Crippen LogP contribution in [0.1, 0.15) is 33.6 Å². The molecular formula is C10H16FN. The fourth-order valence-corrected chi connectivity index (χ4v) is 0.575. The molecule has 0 bridgehead atoms. The SMILES string of the molecule is CC/C=C(F)/C=N\C=C(/C)CC. The Balaban J connectivity index is 3.99. The van der Waals surface area contributed by atoms with E-state index in [1.165, 1.54) is 12.3 Å². The number of hydrogen-bond donors (Lipinski definition) is 0. The maximum atomic E-state index is 12.6. The minimum absolute atomic E-state index is 0.266. The van der Waals surface area contributed by atoms with Crippen LogP contribution in [0.2, 0.25) is 0 Å². The maximum Gasteiger partial charge on any atom is 0.137 e. The first-order valence-electron chi connectivity index (χ1n) is 4.25. The van der Waals surface area contributed by atoms with E-state index in [2.05, 4.69) is 4.99 Å². The van der Waals surface area contributed by atoms with Crippen molar-refractivity contribution < 1.29 is 4.39 Å². The fraction of sp³-hybridized carbons (Fsp3) is 0.500. The molecule has 0 aromatic heterocycles. The van der Waals surface area contributed by atoms with Crippen molar-refractivity contribution in [3.63, 3.8) is 0 Å². The quantitative estimate of drug-likeness (QED) is 0.570. The normalized spacial score (nSPS) is 14.3. The number of nitrogens with zero attached hydrogens (tertiary/aromatic N) is 1. The van der Waals surface area contributed by atoms with Gasteiger partial charge in [-0.25, -0.2) is 4.39 Å². The Kier molecular flexibility index (Phi) is 6.25. The topological polar surface area (TPSA) is 12.4 Å². The van der Waals surface area contributed by atoms with Crippen molar-refractivity contribution in [2.75, 3.05) is 0 Å². The van der Waals surface area contributed by atoms with E-state index in [-0.39, 0.29) is 5.83 Å². The molecular weight excluding hydrogens is 153 g/mol. The lowest BCUT2D eigenvalue weighted by molar-refractivity contribution is 0.680. The van der Waals surface area contributed by atoms with Gasteiger partial charge in [0.2, 0.25) is 0 Å². The molecule has 0 amide bonds. The van der Waals surface area contributed by atoms with Gasteiger partial charge >= 0.3 is 0 Å². The summed E-state index contributed by atoms with van der Waals surface area (Å²) in [6.45, 7) is 5.90. The van der Waals surface area contributed by atoms with Crippen LogP contribution in [0.4, 0.5) is 4.39 Å². The Morgan fingerprint density at radius 2 is 2.08 bits per heavy atom. The Labute approximate surface area is 73.7 Å². The van der Waals surface area contributed by atoms with Gasteiger partial charge in [0.25, 0.3) is 0 Å². The number of aliphatic imine (C=N–C) groups is 1. The van der Waals surface area contributed by atoms with E-state index < -0.39 is 0 Å². The minimum atomic E-state index is -0.266.